The van der Waals surface area contributed by atoms with Gasteiger partial charge in [0.15, 0.2) is 5.13 Å². The number of aromatic nitrogens is 1. The Morgan fingerprint density at radius 2 is 1.54 bits per heavy atom. The van der Waals surface area contributed by atoms with Crippen LogP contribution in [0, 0.1) is 0 Å². The molecule has 1 amide bonds. The number of carbonyl (C=O) groups is 1. The average Bonchev–Trinajstić information content (AvgIpc) is 3.04. The molecule has 0 aliphatic rings. The van der Waals surface area contributed by atoms with Crippen LogP contribution in [0.5, 0.6) is 0 Å². The Morgan fingerprint density at radius 3 is 2.38 bits per heavy atom. The number of hydrogen-bond donors (Lipinski definition) is 1. The maximum absolute atomic E-state index is 12.7. The van der Waals surface area contributed by atoms with Crippen molar-refractivity contribution in [1.82, 2.24) is 4.98 Å². The number of benzene rings is 3. The van der Waals surface area contributed by atoms with Crippen molar-refractivity contribution < 1.29 is 4.79 Å². The van der Waals surface area contributed by atoms with Crippen LogP contribution in [0.4, 0.5) is 5.13 Å². The second-order valence-electron chi connectivity index (χ2n) is 5.35. The summed E-state index contributed by atoms with van der Waals surface area (Å²) in [6.45, 7) is 0. The van der Waals surface area contributed by atoms with Crippen LogP contribution in [-0.2, 0) is 0 Å². The van der Waals surface area contributed by atoms with Crippen LogP contribution in [0.25, 0.3) is 21.3 Å². The van der Waals surface area contributed by atoms with Crippen molar-refractivity contribution in [3.05, 3.63) is 84.4 Å². The summed E-state index contributed by atoms with van der Waals surface area (Å²) in [5.74, 6) is -0.145. The van der Waals surface area contributed by atoms with Crippen molar-refractivity contribution in [2.75, 3.05) is 5.32 Å². The van der Waals surface area contributed by atoms with Crippen molar-refractivity contribution in [3.63, 3.8) is 0 Å². The van der Waals surface area contributed by atoms with Crippen LogP contribution in [0.3, 0.4) is 0 Å². The van der Waals surface area contributed by atoms with Gasteiger partial charge in [-0.1, -0.05) is 72.0 Å². The fraction of sp³-hybridized carbons (Fsp3) is 0. The first-order chi connectivity index (χ1) is 11.8. The smallest absolute Gasteiger partial charge is 0.258 e. The summed E-state index contributed by atoms with van der Waals surface area (Å²) >= 11 is 1.48. The van der Waals surface area contributed by atoms with Crippen LogP contribution < -0.4 is 5.32 Å². The molecule has 0 atom stereocenters. The van der Waals surface area contributed by atoms with E-state index >= 15 is 0 Å². The van der Waals surface area contributed by atoms with E-state index in [1.807, 2.05) is 78.9 Å². The molecule has 1 N–H and O–H groups in total. The van der Waals surface area contributed by atoms with E-state index in [1.165, 1.54) is 11.3 Å². The van der Waals surface area contributed by atoms with Crippen molar-refractivity contribution in [2.45, 2.75) is 0 Å². The molecule has 0 saturated heterocycles. The Kier molecular flexibility index (Phi) is 3.81. The Bertz CT molecular complexity index is 975. The number of nitrogens with zero attached hydrogens (tertiary/aromatic N) is 1. The van der Waals surface area contributed by atoms with Gasteiger partial charge >= 0.3 is 0 Å². The first kappa shape index (κ1) is 14.6. The van der Waals surface area contributed by atoms with Gasteiger partial charge in [-0.3, -0.25) is 10.1 Å². The van der Waals surface area contributed by atoms with Crippen LogP contribution in [0.1, 0.15) is 10.4 Å². The minimum atomic E-state index is -0.145. The molecule has 0 saturated carbocycles. The molecule has 24 heavy (non-hydrogen) atoms. The number of hydrogen-bond acceptors (Lipinski definition) is 3. The summed E-state index contributed by atoms with van der Waals surface area (Å²) in [6, 6.07) is 25.4. The molecule has 1 aromatic heterocycles. The van der Waals surface area contributed by atoms with Crippen molar-refractivity contribution in [2.24, 2.45) is 0 Å². The maximum atomic E-state index is 12.7. The summed E-state index contributed by atoms with van der Waals surface area (Å²) in [5, 5.41) is 3.54. The van der Waals surface area contributed by atoms with E-state index in [1.54, 1.807) is 0 Å². The van der Waals surface area contributed by atoms with E-state index in [0.717, 1.165) is 21.3 Å². The highest BCUT2D eigenvalue weighted by Gasteiger charge is 2.14. The van der Waals surface area contributed by atoms with Gasteiger partial charge < -0.3 is 0 Å². The number of amides is 1. The van der Waals surface area contributed by atoms with Gasteiger partial charge in [-0.15, -0.1) is 0 Å². The molecule has 0 aliphatic carbocycles. The Morgan fingerprint density at radius 1 is 0.833 bits per heavy atom. The van der Waals surface area contributed by atoms with Gasteiger partial charge in [0, 0.05) is 5.56 Å². The van der Waals surface area contributed by atoms with Gasteiger partial charge in [-0.05, 0) is 29.3 Å². The van der Waals surface area contributed by atoms with Crippen LogP contribution >= 0.6 is 11.3 Å². The summed E-state index contributed by atoms with van der Waals surface area (Å²) < 4.78 is 1.06. The Balaban J connectivity index is 1.68. The first-order valence-corrected chi connectivity index (χ1v) is 8.44. The average molecular weight is 330 g/mol. The molecular formula is C20H14N2OS. The molecule has 116 valence electrons. The number of para-hydroxylation sites is 1. The summed E-state index contributed by atoms with van der Waals surface area (Å²) in [5.41, 5.74) is 3.47. The second kappa shape index (κ2) is 6.26. The number of rotatable bonds is 3. The maximum Gasteiger partial charge on any atom is 0.258 e. The van der Waals surface area contributed by atoms with E-state index in [0.29, 0.717) is 10.7 Å². The van der Waals surface area contributed by atoms with Gasteiger partial charge in [0.2, 0.25) is 0 Å². The SMILES string of the molecule is O=C(Nc1nc2ccccc2s1)c1ccccc1-c1ccccc1. The molecule has 0 unspecified atom stereocenters. The minimum Gasteiger partial charge on any atom is -0.298 e. The zero-order valence-electron chi connectivity index (χ0n) is 12.8. The largest absolute Gasteiger partial charge is 0.298 e. The fourth-order valence-electron chi connectivity index (χ4n) is 2.64. The molecule has 4 rings (SSSR count). The van der Waals surface area contributed by atoms with Crippen molar-refractivity contribution >= 4 is 32.6 Å². The zero-order valence-corrected chi connectivity index (χ0v) is 13.6. The van der Waals surface area contributed by atoms with E-state index in [2.05, 4.69) is 10.3 Å². The lowest BCUT2D eigenvalue weighted by atomic mass is 9.99. The van der Waals surface area contributed by atoms with Crippen LogP contribution in [0.2, 0.25) is 0 Å². The lowest BCUT2D eigenvalue weighted by Gasteiger charge is -2.09. The number of anilines is 1. The Hall–Kier alpha value is -2.98. The molecule has 0 fully saturated rings. The normalized spacial score (nSPS) is 10.7. The third-order valence-corrected chi connectivity index (χ3v) is 4.72. The fourth-order valence-corrected chi connectivity index (χ4v) is 3.50. The molecule has 4 aromatic rings. The van der Waals surface area contributed by atoms with Crippen molar-refractivity contribution in [1.29, 1.82) is 0 Å². The predicted molar refractivity (Wildman–Crippen MR) is 99.5 cm³/mol. The molecule has 0 aliphatic heterocycles. The second-order valence-corrected chi connectivity index (χ2v) is 6.38. The van der Waals surface area contributed by atoms with E-state index in [-0.39, 0.29) is 5.91 Å². The highest BCUT2D eigenvalue weighted by Crippen LogP contribution is 2.28. The third kappa shape index (κ3) is 2.79. The standard InChI is InChI=1S/C20H14N2OS/c23-19(22-20-21-17-12-6-7-13-18(17)24-20)16-11-5-4-10-15(16)14-8-2-1-3-9-14/h1-13H,(H,21,22,23). The lowest BCUT2D eigenvalue weighted by Crippen LogP contribution is -2.12. The zero-order chi connectivity index (χ0) is 16.4. The number of thiazole rings is 1. The number of carbonyl (C=O) groups excluding carboxylic acids is 1. The summed E-state index contributed by atoms with van der Waals surface area (Å²) in [7, 11) is 0. The molecule has 0 spiro atoms. The molecular weight excluding hydrogens is 316 g/mol. The van der Waals surface area contributed by atoms with Crippen LogP contribution in [-0.4, -0.2) is 10.9 Å². The summed E-state index contributed by atoms with van der Waals surface area (Å²) in [4.78, 5) is 17.2. The predicted octanol–water partition coefficient (Wildman–Crippen LogP) is 5.22. The van der Waals surface area contributed by atoms with E-state index in [4.69, 9.17) is 0 Å². The molecule has 0 bridgehead atoms. The van der Waals surface area contributed by atoms with E-state index < -0.39 is 0 Å². The van der Waals surface area contributed by atoms with Gasteiger partial charge in [0.25, 0.3) is 5.91 Å². The molecule has 4 heteroatoms. The minimum absolute atomic E-state index is 0.145. The quantitative estimate of drug-likeness (QED) is 0.560. The van der Waals surface area contributed by atoms with E-state index in [9.17, 15) is 4.79 Å². The van der Waals surface area contributed by atoms with Crippen LogP contribution in [0.15, 0.2) is 78.9 Å². The number of nitrogens with one attached hydrogen (secondary N) is 1. The monoisotopic (exact) mass is 330 g/mol. The highest BCUT2D eigenvalue weighted by molar-refractivity contribution is 7.22. The number of fused-ring (bicyclic) bond motifs is 1. The van der Waals surface area contributed by atoms with Gasteiger partial charge in [-0.2, -0.15) is 0 Å². The lowest BCUT2D eigenvalue weighted by molar-refractivity contribution is 0.102. The Labute approximate surface area is 143 Å². The van der Waals surface area contributed by atoms with Gasteiger partial charge in [0.1, 0.15) is 0 Å². The highest BCUT2D eigenvalue weighted by atomic mass is 32.1. The van der Waals surface area contributed by atoms with Crippen molar-refractivity contribution in [3.8, 4) is 11.1 Å². The molecule has 0 radical (unpaired) electrons. The molecule has 1 heterocycles. The molecule has 3 aromatic carbocycles. The third-order valence-electron chi connectivity index (χ3n) is 3.77. The molecule has 3 nitrogen and oxygen atoms in total. The van der Waals surface area contributed by atoms with Gasteiger partial charge in [-0.25, -0.2) is 4.98 Å². The van der Waals surface area contributed by atoms with Gasteiger partial charge in [0.05, 0.1) is 10.2 Å². The first-order valence-electron chi connectivity index (χ1n) is 7.62. The topological polar surface area (TPSA) is 42.0 Å². The summed E-state index contributed by atoms with van der Waals surface area (Å²) in [6.07, 6.45) is 0.